The van der Waals surface area contributed by atoms with E-state index in [1.165, 1.54) is 11.8 Å². The number of benzene rings is 1. The van der Waals surface area contributed by atoms with Gasteiger partial charge in [-0.1, -0.05) is 6.07 Å². The van der Waals surface area contributed by atoms with Crippen LogP contribution in [0.15, 0.2) is 27.6 Å². The van der Waals surface area contributed by atoms with Crippen LogP contribution in [0.2, 0.25) is 0 Å². The molecule has 0 amide bonds. The lowest BCUT2D eigenvalue weighted by atomic mass is 10.1. The Morgan fingerprint density at radius 3 is 2.56 bits per heavy atom. The van der Waals surface area contributed by atoms with Crippen molar-refractivity contribution in [3.8, 4) is 0 Å². The first-order valence-corrected chi connectivity index (χ1v) is 6.71. The molecule has 16 heavy (non-hydrogen) atoms. The lowest BCUT2D eigenvalue weighted by Crippen LogP contribution is -2.14. The molecule has 1 rings (SSSR count). The van der Waals surface area contributed by atoms with Gasteiger partial charge in [0.1, 0.15) is 0 Å². The van der Waals surface area contributed by atoms with Gasteiger partial charge in [0, 0.05) is 15.1 Å². The predicted octanol–water partition coefficient (Wildman–Crippen LogP) is 1.95. The number of aliphatic hydroxyl groups is 3. The summed E-state index contributed by atoms with van der Waals surface area (Å²) in [5, 5.41) is 27.3. The second kappa shape index (κ2) is 6.61. The van der Waals surface area contributed by atoms with E-state index in [2.05, 4.69) is 15.9 Å². The van der Waals surface area contributed by atoms with Gasteiger partial charge >= 0.3 is 0 Å². The van der Waals surface area contributed by atoms with E-state index in [0.717, 1.165) is 14.9 Å². The van der Waals surface area contributed by atoms with E-state index in [1.807, 2.05) is 18.2 Å². The normalized spacial score (nSPS) is 14.8. The Morgan fingerprint density at radius 2 is 2.06 bits per heavy atom. The maximum atomic E-state index is 9.39. The van der Waals surface area contributed by atoms with Gasteiger partial charge in [-0.2, -0.15) is 0 Å². The van der Waals surface area contributed by atoms with Crippen LogP contribution < -0.4 is 0 Å². The van der Waals surface area contributed by atoms with Gasteiger partial charge in [-0.25, -0.2) is 0 Å². The Bertz CT molecular complexity index is 344. The summed E-state index contributed by atoms with van der Waals surface area (Å²) in [7, 11) is 0. The van der Waals surface area contributed by atoms with Gasteiger partial charge in [0.2, 0.25) is 0 Å². The highest BCUT2D eigenvalue weighted by Crippen LogP contribution is 2.30. The predicted molar refractivity (Wildman–Crippen MR) is 68.6 cm³/mol. The minimum absolute atomic E-state index is 0.226. The van der Waals surface area contributed by atoms with Crippen molar-refractivity contribution in [1.29, 1.82) is 0 Å². The van der Waals surface area contributed by atoms with Crippen LogP contribution in [0, 0.1) is 0 Å². The maximum absolute atomic E-state index is 9.39. The zero-order valence-corrected chi connectivity index (χ0v) is 11.3. The van der Waals surface area contributed by atoms with Gasteiger partial charge in [0.05, 0.1) is 18.8 Å². The van der Waals surface area contributed by atoms with E-state index in [0.29, 0.717) is 5.75 Å². The SMILES string of the molecule is C[C@@H](O)c1ccc(SCC(O)CO)c(Br)c1. The summed E-state index contributed by atoms with van der Waals surface area (Å²) < 4.78 is 0.890. The van der Waals surface area contributed by atoms with Gasteiger partial charge in [-0.15, -0.1) is 11.8 Å². The van der Waals surface area contributed by atoms with E-state index < -0.39 is 12.2 Å². The van der Waals surface area contributed by atoms with Crippen molar-refractivity contribution in [2.75, 3.05) is 12.4 Å². The zero-order chi connectivity index (χ0) is 12.1. The minimum atomic E-state index is -0.701. The number of aliphatic hydroxyl groups excluding tert-OH is 3. The smallest absolute Gasteiger partial charge is 0.0864 e. The van der Waals surface area contributed by atoms with Crippen molar-refractivity contribution >= 4 is 27.7 Å². The Balaban J connectivity index is 2.68. The second-order valence-corrected chi connectivity index (χ2v) is 5.43. The van der Waals surface area contributed by atoms with Gasteiger partial charge in [-0.3, -0.25) is 0 Å². The molecular formula is C11H15BrO3S. The fourth-order valence-corrected chi connectivity index (χ4v) is 2.71. The molecule has 1 unspecified atom stereocenters. The Morgan fingerprint density at radius 1 is 1.38 bits per heavy atom. The monoisotopic (exact) mass is 306 g/mol. The van der Waals surface area contributed by atoms with Crippen molar-refractivity contribution in [3.05, 3.63) is 28.2 Å². The summed E-state index contributed by atoms with van der Waals surface area (Å²) in [6, 6.07) is 5.60. The van der Waals surface area contributed by atoms with Gasteiger partial charge in [0.15, 0.2) is 0 Å². The van der Waals surface area contributed by atoms with Crippen LogP contribution in [0.25, 0.3) is 0 Å². The fraction of sp³-hybridized carbons (Fsp3) is 0.455. The van der Waals surface area contributed by atoms with Crippen LogP contribution in [0.1, 0.15) is 18.6 Å². The summed E-state index contributed by atoms with van der Waals surface area (Å²) in [5.74, 6) is 0.448. The highest BCUT2D eigenvalue weighted by atomic mass is 79.9. The van der Waals surface area contributed by atoms with Crippen molar-refractivity contribution < 1.29 is 15.3 Å². The molecule has 1 aromatic rings. The quantitative estimate of drug-likeness (QED) is 0.728. The van der Waals surface area contributed by atoms with E-state index in [4.69, 9.17) is 5.11 Å². The van der Waals surface area contributed by atoms with Gasteiger partial charge < -0.3 is 15.3 Å². The summed E-state index contributed by atoms with van der Waals surface area (Å²) in [6.45, 7) is 1.49. The number of rotatable bonds is 5. The number of halogens is 1. The number of hydrogen-bond donors (Lipinski definition) is 3. The van der Waals surface area contributed by atoms with E-state index in [9.17, 15) is 10.2 Å². The van der Waals surface area contributed by atoms with E-state index in [1.54, 1.807) is 6.92 Å². The molecule has 2 atom stereocenters. The molecule has 0 spiro atoms. The Hall–Kier alpha value is -0.0700. The highest BCUT2D eigenvalue weighted by Gasteiger charge is 2.08. The van der Waals surface area contributed by atoms with Gasteiger partial charge in [0.25, 0.3) is 0 Å². The third-order valence-corrected chi connectivity index (χ3v) is 4.22. The first-order valence-electron chi connectivity index (χ1n) is 4.93. The second-order valence-electron chi connectivity index (χ2n) is 3.51. The van der Waals surface area contributed by atoms with Crippen LogP contribution in [0.4, 0.5) is 0 Å². The van der Waals surface area contributed by atoms with Crippen molar-refractivity contribution in [3.63, 3.8) is 0 Å². The first-order chi connectivity index (χ1) is 7.54. The molecule has 3 N–H and O–H groups in total. The molecule has 5 heteroatoms. The largest absolute Gasteiger partial charge is 0.394 e. The minimum Gasteiger partial charge on any atom is -0.394 e. The molecule has 0 aromatic heterocycles. The van der Waals surface area contributed by atoms with Crippen molar-refractivity contribution in [1.82, 2.24) is 0 Å². The maximum Gasteiger partial charge on any atom is 0.0864 e. The topological polar surface area (TPSA) is 60.7 Å². The molecule has 0 aliphatic heterocycles. The summed E-state index contributed by atoms with van der Waals surface area (Å²) >= 11 is 4.87. The summed E-state index contributed by atoms with van der Waals surface area (Å²) in [5.41, 5.74) is 0.846. The van der Waals surface area contributed by atoms with Crippen LogP contribution >= 0.6 is 27.7 Å². The van der Waals surface area contributed by atoms with Crippen LogP contribution in [-0.2, 0) is 0 Å². The lowest BCUT2D eigenvalue weighted by Gasteiger charge is -2.10. The Labute approximate surface area is 108 Å². The standard InChI is InChI=1S/C11H15BrO3S/c1-7(14)8-2-3-11(10(12)4-8)16-6-9(15)5-13/h2-4,7,9,13-15H,5-6H2,1H3/t7-,9?/m1/s1. The van der Waals surface area contributed by atoms with Crippen LogP contribution in [0.5, 0.6) is 0 Å². The summed E-state index contributed by atoms with van der Waals surface area (Å²) in [4.78, 5) is 0.983. The molecular weight excluding hydrogens is 292 g/mol. The number of thioether (sulfide) groups is 1. The molecule has 0 heterocycles. The third-order valence-electron chi connectivity index (χ3n) is 2.08. The molecule has 0 radical (unpaired) electrons. The molecule has 90 valence electrons. The summed E-state index contributed by atoms with van der Waals surface area (Å²) in [6.07, 6.45) is -1.19. The molecule has 0 aliphatic rings. The number of hydrogen-bond acceptors (Lipinski definition) is 4. The first kappa shape index (κ1) is 14.0. The van der Waals surface area contributed by atoms with Crippen LogP contribution in [-0.4, -0.2) is 33.8 Å². The third kappa shape index (κ3) is 4.07. The fourth-order valence-electron chi connectivity index (χ4n) is 1.13. The molecule has 1 aromatic carbocycles. The molecule has 0 saturated heterocycles. The van der Waals surface area contributed by atoms with Crippen molar-refractivity contribution in [2.45, 2.75) is 24.0 Å². The molecule has 0 bridgehead atoms. The zero-order valence-electron chi connectivity index (χ0n) is 8.93. The molecule has 0 fully saturated rings. The highest BCUT2D eigenvalue weighted by molar-refractivity contribution is 9.10. The molecule has 3 nitrogen and oxygen atoms in total. The van der Waals surface area contributed by atoms with E-state index >= 15 is 0 Å². The molecule has 0 aliphatic carbocycles. The van der Waals surface area contributed by atoms with Gasteiger partial charge in [-0.05, 0) is 40.5 Å². The molecule has 0 saturated carbocycles. The van der Waals surface area contributed by atoms with E-state index in [-0.39, 0.29) is 6.61 Å². The van der Waals surface area contributed by atoms with Crippen molar-refractivity contribution in [2.24, 2.45) is 0 Å². The average Bonchev–Trinajstić information content (AvgIpc) is 2.26. The Kier molecular flexibility index (Phi) is 5.78. The lowest BCUT2D eigenvalue weighted by molar-refractivity contribution is 0.113. The average molecular weight is 307 g/mol. The van der Waals surface area contributed by atoms with Crippen LogP contribution in [0.3, 0.4) is 0 Å².